The van der Waals surface area contributed by atoms with Crippen LogP contribution >= 0.6 is 0 Å². The second-order valence-corrected chi connectivity index (χ2v) is 11.5. The van der Waals surface area contributed by atoms with Gasteiger partial charge in [-0.05, 0) is 84.5 Å². The van der Waals surface area contributed by atoms with E-state index >= 15 is 0 Å². The fourth-order valence-corrected chi connectivity index (χ4v) is 5.47. The molecule has 0 heterocycles. The molecule has 0 aliphatic heterocycles. The lowest BCUT2D eigenvalue weighted by Crippen LogP contribution is -2.18. The molecule has 2 aliphatic rings. The Morgan fingerprint density at radius 3 is 1.23 bits per heavy atom. The lowest BCUT2D eigenvalue weighted by Gasteiger charge is -2.32. The number of aromatic hydroxyl groups is 2. The largest absolute Gasteiger partial charge is 0.507 e. The van der Waals surface area contributed by atoms with E-state index in [0.29, 0.717) is 11.5 Å². The first-order valence-corrected chi connectivity index (χ1v) is 11.8. The molecule has 0 saturated carbocycles. The minimum Gasteiger partial charge on any atom is -0.507 e. The van der Waals surface area contributed by atoms with Crippen molar-refractivity contribution in [3.63, 3.8) is 0 Å². The van der Waals surface area contributed by atoms with E-state index in [1.807, 2.05) is 0 Å². The highest BCUT2D eigenvalue weighted by Gasteiger charge is 2.32. The SMILES string of the molecule is CC(C)(C)c1cc2c(c(-c3c(O)c(C(C)(C)C)cc4c3CCCC4)c1O)CCCC2. The van der Waals surface area contributed by atoms with Crippen LogP contribution in [-0.2, 0) is 36.5 Å². The summed E-state index contributed by atoms with van der Waals surface area (Å²) in [5, 5.41) is 23.3. The number of hydrogen-bond acceptors (Lipinski definition) is 2. The molecule has 0 radical (unpaired) electrons. The maximum Gasteiger partial charge on any atom is 0.127 e. The molecule has 0 atom stereocenters. The highest BCUT2D eigenvalue weighted by molar-refractivity contribution is 5.86. The number of fused-ring (bicyclic) bond motifs is 2. The molecule has 0 spiro atoms. The molecule has 2 aromatic carbocycles. The van der Waals surface area contributed by atoms with Gasteiger partial charge in [-0.15, -0.1) is 0 Å². The average Bonchev–Trinajstić information content (AvgIpc) is 2.66. The molecule has 2 N–H and O–H groups in total. The first kappa shape index (κ1) is 21.3. The predicted molar refractivity (Wildman–Crippen MR) is 126 cm³/mol. The van der Waals surface area contributed by atoms with Crippen molar-refractivity contribution >= 4 is 0 Å². The third-order valence-corrected chi connectivity index (χ3v) is 7.11. The Balaban J connectivity index is 2.13. The summed E-state index contributed by atoms with van der Waals surface area (Å²) in [7, 11) is 0. The number of aryl methyl sites for hydroxylation is 2. The van der Waals surface area contributed by atoms with E-state index in [1.54, 1.807) is 0 Å². The molecule has 0 unspecified atom stereocenters. The highest BCUT2D eigenvalue weighted by Crippen LogP contribution is 2.51. The van der Waals surface area contributed by atoms with Gasteiger partial charge < -0.3 is 10.2 Å². The van der Waals surface area contributed by atoms with Crippen LogP contribution in [0.25, 0.3) is 11.1 Å². The molecule has 0 bridgehead atoms. The highest BCUT2D eigenvalue weighted by atomic mass is 16.3. The molecule has 2 heteroatoms. The Kier molecular flexibility index (Phi) is 5.19. The number of benzene rings is 2. The van der Waals surface area contributed by atoms with Gasteiger partial charge in [0.15, 0.2) is 0 Å². The topological polar surface area (TPSA) is 40.5 Å². The second kappa shape index (κ2) is 7.32. The van der Waals surface area contributed by atoms with E-state index < -0.39 is 0 Å². The van der Waals surface area contributed by atoms with Crippen LogP contribution < -0.4 is 0 Å². The molecule has 2 nitrogen and oxygen atoms in total. The van der Waals surface area contributed by atoms with Gasteiger partial charge in [0.05, 0.1) is 0 Å². The molecule has 162 valence electrons. The molecular formula is C28H38O2. The van der Waals surface area contributed by atoms with Crippen LogP contribution in [0.15, 0.2) is 12.1 Å². The lowest BCUT2D eigenvalue weighted by atomic mass is 9.73. The summed E-state index contributed by atoms with van der Waals surface area (Å²) >= 11 is 0. The predicted octanol–water partition coefficient (Wildman–Crippen LogP) is 7.12. The van der Waals surface area contributed by atoms with Crippen LogP contribution in [0.5, 0.6) is 11.5 Å². The van der Waals surface area contributed by atoms with Gasteiger partial charge in [-0.25, -0.2) is 0 Å². The van der Waals surface area contributed by atoms with Crippen molar-refractivity contribution in [1.29, 1.82) is 0 Å². The fourth-order valence-electron chi connectivity index (χ4n) is 5.47. The third-order valence-electron chi connectivity index (χ3n) is 7.11. The molecule has 2 aliphatic carbocycles. The second-order valence-electron chi connectivity index (χ2n) is 11.5. The van der Waals surface area contributed by atoms with Crippen LogP contribution in [0.3, 0.4) is 0 Å². The van der Waals surface area contributed by atoms with Crippen molar-refractivity contribution in [3.8, 4) is 22.6 Å². The van der Waals surface area contributed by atoms with Crippen molar-refractivity contribution in [2.24, 2.45) is 0 Å². The Labute approximate surface area is 182 Å². The molecule has 0 saturated heterocycles. The van der Waals surface area contributed by atoms with E-state index in [-0.39, 0.29) is 10.8 Å². The molecule has 0 aromatic heterocycles. The van der Waals surface area contributed by atoms with Crippen molar-refractivity contribution in [2.45, 2.75) is 104 Å². The van der Waals surface area contributed by atoms with Crippen molar-refractivity contribution in [1.82, 2.24) is 0 Å². The Morgan fingerprint density at radius 2 is 0.900 bits per heavy atom. The monoisotopic (exact) mass is 406 g/mol. The summed E-state index contributed by atoms with van der Waals surface area (Å²) in [5.74, 6) is 0.773. The summed E-state index contributed by atoms with van der Waals surface area (Å²) in [6.45, 7) is 13.0. The van der Waals surface area contributed by atoms with Crippen LogP contribution in [-0.4, -0.2) is 10.2 Å². The maximum atomic E-state index is 11.6. The number of rotatable bonds is 1. The van der Waals surface area contributed by atoms with Gasteiger partial charge >= 0.3 is 0 Å². The molecule has 2 aromatic rings. The summed E-state index contributed by atoms with van der Waals surface area (Å²) in [4.78, 5) is 0. The molecule has 0 amide bonds. The third kappa shape index (κ3) is 3.53. The van der Waals surface area contributed by atoms with Gasteiger partial charge in [0.1, 0.15) is 11.5 Å². The fraction of sp³-hybridized carbons (Fsp3) is 0.571. The average molecular weight is 407 g/mol. The molecule has 0 fully saturated rings. The normalized spacial score (nSPS) is 16.9. The van der Waals surface area contributed by atoms with Crippen LogP contribution in [0.4, 0.5) is 0 Å². The van der Waals surface area contributed by atoms with Gasteiger partial charge in [0.25, 0.3) is 0 Å². The van der Waals surface area contributed by atoms with Crippen LogP contribution in [0.1, 0.15) is 101 Å². The molecule has 4 rings (SSSR count). The summed E-state index contributed by atoms with van der Waals surface area (Å²) < 4.78 is 0. The molecular weight excluding hydrogens is 368 g/mol. The minimum atomic E-state index is -0.150. The zero-order valence-electron chi connectivity index (χ0n) is 19.7. The smallest absolute Gasteiger partial charge is 0.127 e. The Hall–Kier alpha value is -1.96. The Bertz CT molecular complexity index is 902. The van der Waals surface area contributed by atoms with E-state index in [0.717, 1.165) is 60.8 Å². The summed E-state index contributed by atoms with van der Waals surface area (Å²) in [6.07, 6.45) is 8.79. The van der Waals surface area contributed by atoms with Crippen LogP contribution in [0.2, 0.25) is 0 Å². The van der Waals surface area contributed by atoms with Gasteiger partial charge in [-0.2, -0.15) is 0 Å². The minimum absolute atomic E-state index is 0.150. The van der Waals surface area contributed by atoms with E-state index in [1.165, 1.54) is 35.1 Å². The van der Waals surface area contributed by atoms with Crippen LogP contribution in [0, 0.1) is 0 Å². The van der Waals surface area contributed by atoms with Gasteiger partial charge in [-0.1, -0.05) is 53.7 Å². The maximum absolute atomic E-state index is 11.6. The summed E-state index contributed by atoms with van der Waals surface area (Å²) in [5.41, 5.74) is 8.82. The number of phenols is 2. The molecule has 30 heavy (non-hydrogen) atoms. The standard InChI is InChI=1S/C28H38O2/c1-27(2,3)21-15-17-11-7-9-13-19(17)23(25(21)29)24-20-14-10-8-12-18(20)16-22(26(24)30)28(4,5)6/h15-16,29-30H,7-14H2,1-6H3. The van der Waals surface area contributed by atoms with Crippen molar-refractivity contribution in [2.75, 3.05) is 0 Å². The number of hydrogen-bond donors (Lipinski definition) is 2. The van der Waals surface area contributed by atoms with Crippen molar-refractivity contribution < 1.29 is 10.2 Å². The van der Waals surface area contributed by atoms with Gasteiger partial charge in [0.2, 0.25) is 0 Å². The quantitative estimate of drug-likeness (QED) is 0.529. The van der Waals surface area contributed by atoms with E-state index in [9.17, 15) is 10.2 Å². The first-order valence-electron chi connectivity index (χ1n) is 11.8. The zero-order valence-corrected chi connectivity index (χ0v) is 19.7. The van der Waals surface area contributed by atoms with Gasteiger partial charge in [-0.3, -0.25) is 0 Å². The first-order chi connectivity index (χ1) is 14.0. The van der Waals surface area contributed by atoms with Gasteiger partial charge in [0, 0.05) is 22.3 Å². The lowest BCUT2D eigenvalue weighted by molar-refractivity contribution is 0.437. The zero-order chi connectivity index (χ0) is 21.8. The van der Waals surface area contributed by atoms with E-state index in [4.69, 9.17) is 0 Å². The van der Waals surface area contributed by atoms with Crippen molar-refractivity contribution in [3.05, 3.63) is 45.5 Å². The summed E-state index contributed by atoms with van der Waals surface area (Å²) in [6, 6.07) is 4.48. The Morgan fingerprint density at radius 1 is 0.567 bits per heavy atom. The number of phenolic OH excluding ortho intramolecular Hbond substituents is 2. The van der Waals surface area contributed by atoms with E-state index in [2.05, 4.69) is 53.7 Å².